The van der Waals surface area contributed by atoms with Crippen molar-refractivity contribution in [2.75, 3.05) is 0 Å². The average molecular weight is 233 g/mol. The van der Waals surface area contributed by atoms with Gasteiger partial charge in [-0.05, 0) is 32.3 Å². The van der Waals surface area contributed by atoms with E-state index in [4.69, 9.17) is 0 Å². The van der Waals surface area contributed by atoms with Crippen LogP contribution in [0.15, 0.2) is 23.3 Å². The molecular weight excluding hydrogens is 214 g/mol. The molecule has 2 rings (SSSR count). The summed E-state index contributed by atoms with van der Waals surface area (Å²) in [5.41, 5.74) is 1.46. The number of rotatable bonds is 2. The van der Waals surface area contributed by atoms with Gasteiger partial charge in [0.2, 0.25) is 0 Å². The van der Waals surface area contributed by atoms with Crippen LogP contribution in [-0.2, 0) is 9.59 Å². The molecule has 92 valence electrons. The Morgan fingerprint density at radius 3 is 2.53 bits per heavy atom. The van der Waals surface area contributed by atoms with E-state index in [9.17, 15) is 9.59 Å². The van der Waals surface area contributed by atoms with Crippen LogP contribution >= 0.6 is 0 Å². The summed E-state index contributed by atoms with van der Waals surface area (Å²) >= 11 is 0. The molecule has 17 heavy (non-hydrogen) atoms. The summed E-state index contributed by atoms with van der Waals surface area (Å²) in [4.78, 5) is 25.6. The summed E-state index contributed by atoms with van der Waals surface area (Å²) in [6, 6.07) is 0.127. The summed E-state index contributed by atoms with van der Waals surface area (Å²) in [6.45, 7) is 3.76. The first kappa shape index (κ1) is 12.1. The SMILES string of the molecule is C/C=C(\C)C1=CC(=O)N(C2CCCCC2)C1=O. The van der Waals surface area contributed by atoms with Crippen molar-refractivity contribution in [3.05, 3.63) is 23.3 Å². The fourth-order valence-electron chi connectivity index (χ4n) is 2.61. The quantitative estimate of drug-likeness (QED) is 0.687. The van der Waals surface area contributed by atoms with Crippen molar-refractivity contribution in [2.24, 2.45) is 0 Å². The summed E-state index contributed by atoms with van der Waals surface area (Å²) in [7, 11) is 0. The Bertz CT molecular complexity index is 400. The van der Waals surface area contributed by atoms with Gasteiger partial charge in [0.25, 0.3) is 11.8 Å². The van der Waals surface area contributed by atoms with Gasteiger partial charge in [0.1, 0.15) is 0 Å². The first-order valence-corrected chi connectivity index (χ1v) is 6.37. The molecule has 0 spiro atoms. The topological polar surface area (TPSA) is 37.4 Å². The number of carbonyl (C=O) groups excluding carboxylic acids is 2. The van der Waals surface area contributed by atoms with Crippen molar-refractivity contribution in [3.63, 3.8) is 0 Å². The maximum absolute atomic E-state index is 12.2. The molecule has 0 atom stereocenters. The van der Waals surface area contributed by atoms with Crippen LogP contribution < -0.4 is 0 Å². The van der Waals surface area contributed by atoms with Crippen molar-refractivity contribution in [2.45, 2.75) is 52.0 Å². The third-order valence-electron chi connectivity index (χ3n) is 3.75. The lowest BCUT2D eigenvalue weighted by Gasteiger charge is -2.29. The van der Waals surface area contributed by atoms with Gasteiger partial charge < -0.3 is 0 Å². The summed E-state index contributed by atoms with van der Waals surface area (Å²) in [5, 5.41) is 0. The largest absolute Gasteiger partial charge is 0.272 e. The highest BCUT2D eigenvalue weighted by molar-refractivity contribution is 6.18. The van der Waals surface area contributed by atoms with E-state index in [0.29, 0.717) is 5.57 Å². The number of nitrogens with zero attached hydrogens (tertiary/aromatic N) is 1. The minimum atomic E-state index is -0.127. The fraction of sp³-hybridized carbons (Fsp3) is 0.571. The van der Waals surface area contributed by atoms with E-state index in [-0.39, 0.29) is 17.9 Å². The number of hydrogen-bond donors (Lipinski definition) is 0. The van der Waals surface area contributed by atoms with Gasteiger partial charge in [-0.25, -0.2) is 0 Å². The van der Waals surface area contributed by atoms with Crippen LogP contribution in [0.2, 0.25) is 0 Å². The molecule has 3 nitrogen and oxygen atoms in total. The minimum absolute atomic E-state index is 0.0995. The van der Waals surface area contributed by atoms with E-state index in [2.05, 4.69) is 0 Å². The molecule has 0 saturated heterocycles. The van der Waals surface area contributed by atoms with Crippen molar-refractivity contribution < 1.29 is 9.59 Å². The molecule has 1 aliphatic carbocycles. The van der Waals surface area contributed by atoms with Crippen LogP contribution in [0.25, 0.3) is 0 Å². The molecule has 3 heteroatoms. The van der Waals surface area contributed by atoms with Crippen molar-refractivity contribution in [1.82, 2.24) is 4.90 Å². The van der Waals surface area contributed by atoms with Crippen LogP contribution in [0.4, 0.5) is 0 Å². The molecule has 1 heterocycles. The van der Waals surface area contributed by atoms with E-state index in [1.165, 1.54) is 17.4 Å². The summed E-state index contributed by atoms with van der Waals surface area (Å²) < 4.78 is 0. The van der Waals surface area contributed by atoms with Gasteiger partial charge in [0, 0.05) is 17.7 Å². The number of carbonyl (C=O) groups is 2. The smallest absolute Gasteiger partial charge is 0.261 e. The summed E-state index contributed by atoms with van der Waals surface area (Å²) in [5.74, 6) is -0.226. The van der Waals surface area contributed by atoms with E-state index >= 15 is 0 Å². The van der Waals surface area contributed by atoms with E-state index in [0.717, 1.165) is 31.3 Å². The van der Waals surface area contributed by atoms with Crippen LogP contribution in [0.1, 0.15) is 46.0 Å². The van der Waals surface area contributed by atoms with Gasteiger partial charge in [0.05, 0.1) is 0 Å². The zero-order valence-electron chi connectivity index (χ0n) is 10.5. The zero-order chi connectivity index (χ0) is 12.4. The highest BCUT2D eigenvalue weighted by Crippen LogP contribution is 2.29. The van der Waals surface area contributed by atoms with E-state index < -0.39 is 0 Å². The van der Waals surface area contributed by atoms with Gasteiger partial charge in [-0.1, -0.05) is 25.3 Å². The Balaban J connectivity index is 2.17. The predicted octanol–water partition coefficient (Wildman–Crippen LogP) is 2.58. The standard InChI is InChI=1S/C14H19NO2/c1-3-10(2)12-9-13(16)15(14(12)17)11-7-5-4-6-8-11/h3,9,11H,4-8H2,1-2H3/b10-3+. The highest BCUT2D eigenvalue weighted by atomic mass is 16.2. The van der Waals surface area contributed by atoms with E-state index in [1.54, 1.807) is 0 Å². The number of amides is 2. The molecule has 1 saturated carbocycles. The number of hydrogen-bond acceptors (Lipinski definition) is 2. The monoisotopic (exact) mass is 233 g/mol. The van der Waals surface area contributed by atoms with Crippen molar-refractivity contribution >= 4 is 11.8 Å². The Labute approximate surface area is 102 Å². The van der Waals surface area contributed by atoms with Crippen molar-refractivity contribution in [1.29, 1.82) is 0 Å². The summed E-state index contributed by atoms with van der Waals surface area (Å²) in [6.07, 6.45) is 8.77. The molecule has 0 aromatic rings. The molecular formula is C14H19NO2. The Kier molecular flexibility index (Phi) is 3.46. The Morgan fingerprint density at radius 2 is 1.94 bits per heavy atom. The lowest BCUT2D eigenvalue weighted by molar-refractivity contribution is -0.140. The maximum Gasteiger partial charge on any atom is 0.261 e. The Morgan fingerprint density at radius 1 is 1.29 bits per heavy atom. The molecule has 1 aliphatic heterocycles. The van der Waals surface area contributed by atoms with Crippen LogP contribution in [0.3, 0.4) is 0 Å². The molecule has 0 unspecified atom stereocenters. The average Bonchev–Trinajstić information content (AvgIpc) is 2.65. The molecule has 1 fully saturated rings. The maximum atomic E-state index is 12.2. The molecule has 2 aliphatic rings. The molecule has 0 aromatic heterocycles. The van der Waals surface area contributed by atoms with Gasteiger partial charge >= 0.3 is 0 Å². The fourth-order valence-corrected chi connectivity index (χ4v) is 2.61. The van der Waals surface area contributed by atoms with Gasteiger partial charge in [-0.3, -0.25) is 14.5 Å². The minimum Gasteiger partial charge on any atom is -0.272 e. The molecule has 0 radical (unpaired) electrons. The van der Waals surface area contributed by atoms with Crippen LogP contribution in [0, 0.1) is 0 Å². The first-order chi connectivity index (χ1) is 8.15. The third kappa shape index (κ3) is 2.19. The van der Waals surface area contributed by atoms with Gasteiger partial charge in [-0.15, -0.1) is 0 Å². The predicted molar refractivity (Wildman–Crippen MR) is 66.2 cm³/mol. The molecule has 0 N–H and O–H groups in total. The van der Waals surface area contributed by atoms with Crippen LogP contribution in [0.5, 0.6) is 0 Å². The van der Waals surface area contributed by atoms with Crippen LogP contribution in [-0.4, -0.2) is 22.8 Å². The van der Waals surface area contributed by atoms with E-state index in [1.807, 2.05) is 19.9 Å². The molecule has 0 aromatic carbocycles. The second kappa shape index (κ2) is 4.86. The number of allylic oxidation sites excluding steroid dienone is 1. The molecule has 0 bridgehead atoms. The third-order valence-corrected chi connectivity index (χ3v) is 3.75. The van der Waals surface area contributed by atoms with Crippen molar-refractivity contribution in [3.8, 4) is 0 Å². The second-order valence-corrected chi connectivity index (χ2v) is 4.83. The normalized spacial score (nSPS) is 23.3. The lowest BCUT2D eigenvalue weighted by atomic mass is 9.94. The second-order valence-electron chi connectivity index (χ2n) is 4.83. The molecule has 2 amide bonds. The Hall–Kier alpha value is -1.38. The van der Waals surface area contributed by atoms with Gasteiger partial charge in [-0.2, -0.15) is 0 Å². The lowest BCUT2D eigenvalue weighted by Crippen LogP contribution is -2.41. The highest BCUT2D eigenvalue weighted by Gasteiger charge is 2.36. The zero-order valence-corrected chi connectivity index (χ0v) is 10.5. The number of imide groups is 1. The first-order valence-electron chi connectivity index (χ1n) is 6.37. The van der Waals surface area contributed by atoms with Gasteiger partial charge in [0.15, 0.2) is 0 Å².